The molecule has 0 radical (unpaired) electrons. The van der Waals surface area contributed by atoms with Crippen LogP contribution in [0.1, 0.15) is 24.1 Å². The van der Waals surface area contributed by atoms with Crippen molar-refractivity contribution >= 4 is 18.3 Å². The molecule has 0 saturated heterocycles. The molecule has 1 aromatic rings. The molecule has 18 heavy (non-hydrogen) atoms. The normalized spacial score (nSPS) is 13.3. The summed E-state index contributed by atoms with van der Waals surface area (Å²) in [6, 6.07) is 7.01. The topological polar surface area (TPSA) is 64.3 Å². The van der Waals surface area contributed by atoms with Crippen molar-refractivity contribution < 1.29 is 9.53 Å². The number of aryl methyl sites for hydroxylation is 1. The lowest BCUT2D eigenvalue weighted by atomic mass is 10.1. The highest BCUT2D eigenvalue weighted by Gasteiger charge is 2.15. The van der Waals surface area contributed by atoms with E-state index in [9.17, 15) is 4.79 Å². The van der Waals surface area contributed by atoms with Crippen molar-refractivity contribution in [2.45, 2.75) is 26.0 Å². The minimum atomic E-state index is -0.625. The summed E-state index contributed by atoms with van der Waals surface area (Å²) in [5.41, 5.74) is 7.83. The Hall–Kier alpha value is -1.10. The smallest absolute Gasteiger partial charge is 0.241 e. The highest BCUT2D eigenvalue weighted by atomic mass is 35.5. The Morgan fingerprint density at radius 3 is 2.44 bits per heavy atom. The molecule has 0 fully saturated rings. The van der Waals surface area contributed by atoms with Crippen molar-refractivity contribution in [3.8, 4) is 0 Å². The van der Waals surface area contributed by atoms with Crippen LogP contribution < -0.4 is 11.1 Å². The summed E-state index contributed by atoms with van der Waals surface area (Å²) in [5.74, 6) is -0.183. The molecule has 0 aliphatic rings. The number of ether oxygens (including phenoxy) is 1. The SMILES string of the molecule is COC(C)CNC(=O)C(N)c1ccc(C)cc1.Cl. The molecule has 102 valence electrons. The number of nitrogens with one attached hydrogen (secondary N) is 1. The van der Waals surface area contributed by atoms with Gasteiger partial charge in [0.25, 0.3) is 0 Å². The van der Waals surface area contributed by atoms with E-state index in [1.54, 1.807) is 7.11 Å². The second kappa shape index (κ2) is 8.08. The third-order valence-corrected chi connectivity index (χ3v) is 2.69. The zero-order valence-electron chi connectivity index (χ0n) is 11.0. The maximum Gasteiger partial charge on any atom is 0.241 e. The first-order valence-electron chi connectivity index (χ1n) is 5.67. The molecule has 1 amide bonds. The third kappa shape index (κ3) is 5.04. The fraction of sp³-hybridized carbons (Fsp3) is 0.462. The number of benzene rings is 1. The number of carbonyl (C=O) groups is 1. The number of methoxy groups -OCH3 is 1. The summed E-state index contributed by atoms with van der Waals surface area (Å²) in [7, 11) is 1.61. The largest absolute Gasteiger partial charge is 0.380 e. The van der Waals surface area contributed by atoms with Crippen LogP contribution in [0.15, 0.2) is 24.3 Å². The van der Waals surface area contributed by atoms with Crippen molar-refractivity contribution in [2.75, 3.05) is 13.7 Å². The molecule has 4 nitrogen and oxygen atoms in total. The molecule has 0 aliphatic carbocycles. The maximum absolute atomic E-state index is 11.8. The van der Waals surface area contributed by atoms with Gasteiger partial charge in [0.1, 0.15) is 6.04 Å². The van der Waals surface area contributed by atoms with Crippen molar-refractivity contribution in [2.24, 2.45) is 5.73 Å². The Balaban J connectivity index is 0.00000289. The fourth-order valence-corrected chi connectivity index (χ4v) is 1.36. The molecule has 2 atom stereocenters. The summed E-state index contributed by atoms with van der Waals surface area (Å²) >= 11 is 0. The van der Waals surface area contributed by atoms with Crippen LogP contribution in [-0.4, -0.2) is 25.7 Å². The number of rotatable bonds is 5. The number of halogens is 1. The predicted octanol–water partition coefficient (Wildman–Crippen LogP) is 1.57. The Bertz CT molecular complexity index is 368. The Kier molecular flexibility index (Phi) is 7.59. The van der Waals surface area contributed by atoms with E-state index >= 15 is 0 Å². The fourth-order valence-electron chi connectivity index (χ4n) is 1.36. The Labute approximate surface area is 114 Å². The zero-order valence-corrected chi connectivity index (χ0v) is 11.8. The molecule has 1 aromatic carbocycles. The lowest BCUT2D eigenvalue weighted by Crippen LogP contribution is -2.38. The number of hydrogen-bond donors (Lipinski definition) is 2. The average Bonchev–Trinajstić information content (AvgIpc) is 2.35. The van der Waals surface area contributed by atoms with Crippen LogP contribution >= 0.6 is 12.4 Å². The van der Waals surface area contributed by atoms with Crippen LogP contribution in [0.3, 0.4) is 0 Å². The van der Waals surface area contributed by atoms with Gasteiger partial charge < -0.3 is 15.8 Å². The van der Waals surface area contributed by atoms with E-state index in [2.05, 4.69) is 5.32 Å². The summed E-state index contributed by atoms with van der Waals surface area (Å²) in [6.45, 7) is 4.35. The number of carbonyl (C=O) groups excluding carboxylic acids is 1. The molecule has 5 heteroatoms. The van der Waals surface area contributed by atoms with Gasteiger partial charge in [-0.25, -0.2) is 0 Å². The molecule has 0 saturated carbocycles. The quantitative estimate of drug-likeness (QED) is 0.855. The van der Waals surface area contributed by atoms with E-state index in [4.69, 9.17) is 10.5 Å². The number of amides is 1. The summed E-state index contributed by atoms with van der Waals surface area (Å²) in [4.78, 5) is 11.8. The van der Waals surface area contributed by atoms with Crippen LogP contribution in [0.2, 0.25) is 0 Å². The first kappa shape index (κ1) is 16.9. The molecule has 3 N–H and O–H groups in total. The van der Waals surface area contributed by atoms with E-state index in [-0.39, 0.29) is 24.4 Å². The monoisotopic (exact) mass is 272 g/mol. The predicted molar refractivity (Wildman–Crippen MR) is 74.8 cm³/mol. The summed E-state index contributed by atoms with van der Waals surface area (Å²) in [5, 5.41) is 2.76. The van der Waals surface area contributed by atoms with E-state index < -0.39 is 6.04 Å². The van der Waals surface area contributed by atoms with Crippen LogP contribution in [0.25, 0.3) is 0 Å². The highest BCUT2D eigenvalue weighted by molar-refractivity contribution is 5.85. The van der Waals surface area contributed by atoms with Crippen molar-refractivity contribution in [3.63, 3.8) is 0 Å². The van der Waals surface area contributed by atoms with Crippen LogP contribution in [0.5, 0.6) is 0 Å². The van der Waals surface area contributed by atoms with Gasteiger partial charge in [-0.2, -0.15) is 0 Å². The molecule has 0 bridgehead atoms. The molecular formula is C13H21ClN2O2. The van der Waals surface area contributed by atoms with Gasteiger partial charge in [-0.05, 0) is 19.4 Å². The maximum atomic E-state index is 11.8. The van der Waals surface area contributed by atoms with Crippen molar-refractivity contribution in [1.29, 1.82) is 0 Å². The summed E-state index contributed by atoms with van der Waals surface area (Å²) in [6.07, 6.45) is -0.0100. The summed E-state index contributed by atoms with van der Waals surface area (Å²) < 4.78 is 5.05. The second-order valence-corrected chi connectivity index (χ2v) is 4.18. The number of nitrogens with two attached hydrogens (primary N) is 1. The average molecular weight is 273 g/mol. The van der Waals surface area contributed by atoms with Crippen LogP contribution in [0.4, 0.5) is 0 Å². The van der Waals surface area contributed by atoms with Gasteiger partial charge in [0.05, 0.1) is 6.10 Å². The minimum absolute atomic E-state index is 0. The van der Waals surface area contributed by atoms with Gasteiger partial charge in [-0.15, -0.1) is 12.4 Å². The van der Waals surface area contributed by atoms with Gasteiger partial charge in [-0.3, -0.25) is 4.79 Å². The molecule has 1 rings (SSSR count). The Morgan fingerprint density at radius 2 is 1.94 bits per heavy atom. The van der Waals surface area contributed by atoms with Crippen molar-refractivity contribution in [1.82, 2.24) is 5.32 Å². The lowest BCUT2D eigenvalue weighted by Gasteiger charge is -2.15. The van der Waals surface area contributed by atoms with Gasteiger partial charge in [-0.1, -0.05) is 29.8 Å². The first-order valence-corrected chi connectivity index (χ1v) is 5.67. The lowest BCUT2D eigenvalue weighted by molar-refractivity contribution is -0.123. The molecule has 2 unspecified atom stereocenters. The molecule has 0 spiro atoms. The van der Waals surface area contributed by atoms with E-state index in [0.717, 1.165) is 11.1 Å². The molecule has 0 aromatic heterocycles. The minimum Gasteiger partial charge on any atom is -0.380 e. The van der Waals surface area contributed by atoms with E-state index in [1.165, 1.54) is 0 Å². The van der Waals surface area contributed by atoms with Crippen molar-refractivity contribution in [3.05, 3.63) is 35.4 Å². The standard InChI is InChI=1S/C13H20N2O2.ClH/c1-9-4-6-11(7-5-9)12(14)13(16)15-8-10(2)17-3;/h4-7,10,12H,8,14H2,1-3H3,(H,15,16);1H. The highest BCUT2D eigenvalue weighted by Crippen LogP contribution is 2.11. The van der Waals surface area contributed by atoms with Crippen LogP contribution in [-0.2, 0) is 9.53 Å². The second-order valence-electron chi connectivity index (χ2n) is 4.18. The zero-order chi connectivity index (χ0) is 12.8. The molecular weight excluding hydrogens is 252 g/mol. The van der Waals surface area contributed by atoms with Gasteiger partial charge >= 0.3 is 0 Å². The molecule has 0 aliphatic heterocycles. The Morgan fingerprint density at radius 1 is 1.39 bits per heavy atom. The number of hydrogen-bond acceptors (Lipinski definition) is 3. The molecule has 0 heterocycles. The van der Waals surface area contributed by atoms with E-state index in [0.29, 0.717) is 6.54 Å². The van der Waals surface area contributed by atoms with Gasteiger partial charge in [0.2, 0.25) is 5.91 Å². The first-order chi connectivity index (χ1) is 8.04. The third-order valence-electron chi connectivity index (χ3n) is 2.69. The van der Waals surface area contributed by atoms with Crippen LogP contribution in [0, 0.1) is 6.92 Å². The van der Waals surface area contributed by atoms with E-state index in [1.807, 2.05) is 38.1 Å². The van der Waals surface area contributed by atoms with Gasteiger partial charge in [0, 0.05) is 13.7 Å². The van der Waals surface area contributed by atoms with Gasteiger partial charge in [0.15, 0.2) is 0 Å².